The van der Waals surface area contributed by atoms with Gasteiger partial charge in [0.2, 0.25) is 0 Å². The lowest BCUT2D eigenvalue weighted by atomic mass is 10.2. The summed E-state index contributed by atoms with van der Waals surface area (Å²) < 4.78 is 6.49. The maximum absolute atomic E-state index is 11.7. The number of carbonyl (C=O) groups is 1. The second kappa shape index (κ2) is 7.50. The van der Waals surface area contributed by atoms with Crippen molar-refractivity contribution in [3.63, 3.8) is 0 Å². The molecule has 0 saturated heterocycles. The molecule has 0 heterocycles. The Labute approximate surface area is 136 Å². The molecule has 0 radical (unpaired) electrons. The first kappa shape index (κ1) is 15.1. The van der Waals surface area contributed by atoms with E-state index in [1.807, 2.05) is 36.4 Å². The van der Waals surface area contributed by atoms with Crippen molar-refractivity contribution in [2.75, 3.05) is 6.61 Å². The van der Waals surface area contributed by atoms with Crippen LogP contribution >= 0.6 is 34.2 Å². The summed E-state index contributed by atoms with van der Waals surface area (Å²) in [5, 5.41) is 3.48. The van der Waals surface area contributed by atoms with Gasteiger partial charge >= 0.3 is 0 Å². The largest absolute Gasteiger partial charge is 0.484 e. The Morgan fingerprint density at radius 2 is 1.95 bits per heavy atom. The van der Waals surface area contributed by atoms with Crippen LogP contribution in [0.3, 0.4) is 0 Å². The van der Waals surface area contributed by atoms with Gasteiger partial charge in [-0.15, -0.1) is 0 Å². The first-order valence-electron chi connectivity index (χ1n) is 6.03. The minimum absolute atomic E-state index is 0.00762. The topological polar surface area (TPSA) is 38.3 Å². The third kappa shape index (κ3) is 5.02. The molecule has 0 aliphatic heterocycles. The van der Waals surface area contributed by atoms with E-state index in [0.29, 0.717) is 17.3 Å². The van der Waals surface area contributed by atoms with Gasteiger partial charge < -0.3 is 10.1 Å². The number of nitrogens with one attached hydrogen (secondary N) is 1. The molecule has 0 aromatic heterocycles. The van der Waals surface area contributed by atoms with Gasteiger partial charge in [-0.25, -0.2) is 0 Å². The summed E-state index contributed by atoms with van der Waals surface area (Å²) in [4.78, 5) is 11.7. The summed E-state index contributed by atoms with van der Waals surface area (Å²) in [5.74, 6) is 0.539. The Morgan fingerprint density at radius 3 is 2.65 bits per heavy atom. The lowest BCUT2D eigenvalue weighted by molar-refractivity contribution is -0.123. The molecule has 104 valence electrons. The number of hydrogen-bond donors (Lipinski definition) is 1. The van der Waals surface area contributed by atoms with Crippen molar-refractivity contribution in [2.24, 2.45) is 0 Å². The molecule has 5 heteroatoms. The van der Waals surface area contributed by atoms with Crippen LogP contribution < -0.4 is 10.1 Å². The minimum Gasteiger partial charge on any atom is -0.484 e. The SMILES string of the molecule is O=C(COc1cccc(I)c1)NCc1ccc(Cl)cc1. The molecule has 2 aromatic rings. The van der Waals surface area contributed by atoms with Gasteiger partial charge in [-0.05, 0) is 58.5 Å². The summed E-state index contributed by atoms with van der Waals surface area (Å²) in [7, 11) is 0. The van der Waals surface area contributed by atoms with E-state index in [0.717, 1.165) is 9.13 Å². The van der Waals surface area contributed by atoms with Crippen LogP contribution in [0.4, 0.5) is 0 Å². The van der Waals surface area contributed by atoms with E-state index in [1.165, 1.54) is 0 Å². The Hall–Kier alpha value is -1.27. The Balaban J connectivity index is 1.77. The average molecular weight is 402 g/mol. The summed E-state index contributed by atoms with van der Waals surface area (Å²) in [6, 6.07) is 14.9. The van der Waals surface area contributed by atoms with Crippen LogP contribution in [-0.2, 0) is 11.3 Å². The number of carbonyl (C=O) groups excluding carboxylic acids is 1. The quantitative estimate of drug-likeness (QED) is 0.777. The highest BCUT2D eigenvalue weighted by atomic mass is 127. The fourth-order valence-electron chi connectivity index (χ4n) is 1.56. The predicted octanol–water partition coefficient (Wildman–Crippen LogP) is 3.64. The summed E-state index contributed by atoms with van der Waals surface area (Å²) in [6.45, 7) is 0.472. The Bertz CT molecular complexity index is 587. The van der Waals surface area contributed by atoms with Crippen LogP contribution in [-0.4, -0.2) is 12.5 Å². The zero-order chi connectivity index (χ0) is 14.4. The van der Waals surface area contributed by atoms with Crippen molar-refractivity contribution < 1.29 is 9.53 Å². The lowest BCUT2D eigenvalue weighted by Gasteiger charge is -2.08. The predicted molar refractivity (Wildman–Crippen MR) is 88.0 cm³/mol. The van der Waals surface area contributed by atoms with Crippen LogP contribution in [0.5, 0.6) is 5.75 Å². The van der Waals surface area contributed by atoms with E-state index in [2.05, 4.69) is 27.9 Å². The molecule has 0 unspecified atom stereocenters. The normalized spacial score (nSPS) is 10.1. The highest BCUT2D eigenvalue weighted by molar-refractivity contribution is 14.1. The van der Waals surface area contributed by atoms with Crippen LogP contribution in [0.15, 0.2) is 48.5 Å². The molecule has 0 aliphatic carbocycles. The molecule has 0 bridgehead atoms. The number of benzene rings is 2. The number of hydrogen-bond acceptors (Lipinski definition) is 2. The van der Waals surface area contributed by atoms with Gasteiger partial charge in [-0.3, -0.25) is 4.79 Å². The second-order valence-corrected chi connectivity index (χ2v) is 5.83. The van der Waals surface area contributed by atoms with Crippen LogP contribution in [0.1, 0.15) is 5.56 Å². The highest BCUT2D eigenvalue weighted by Gasteiger charge is 2.03. The molecule has 0 saturated carbocycles. The van der Waals surface area contributed by atoms with E-state index >= 15 is 0 Å². The Morgan fingerprint density at radius 1 is 1.20 bits per heavy atom. The van der Waals surface area contributed by atoms with Gasteiger partial charge in [0.25, 0.3) is 5.91 Å². The van der Waals surface area contributed by atoms with Crippen LogP contribution in [0.2, 0.25) is 5.02 Å². The van der Waals surface area contributed by atoms with E-state index < -0.39 is 0 Å². The fourth-order valence-corrected chi connectivity index (χ4v) is 2.20. The van der Waals surface area contributed by atoms with Crippen molar-refractivity contribution in [1.29, 1.82) is 0 Å². The summed E-state index contributed by atoms with van der Waals surface area (Å²) in [5.41, 5.74) is 0.997. The molecular formula is C15H13ClINO2. The van der Waals surface area contributed by atoms with Gasteiger partial charge in [0.05, 0.1) is 0 Å². The smallest absolute Gasteiger partial charge is 0.258 e. The first-order valence-corrected chi connectivity index (χ1v) is 7.48. The van der Waals surface area contributed by atoms with E-state index in [-0.39, 0.29) is 12.5 Å². The Kier molecular flexibility index (Phi) is 5.67. The molecule has 2 rings (SSSR count). The maximum Gasteiger partial charge on any atom is 0.258 e. The van der Waals surface area contributed by atoms with Gasteiger partial charge in [0, 0.05) is 15.1 Å². The third-order valence-electron chi connectivity index (χ3n) is 2.57. The summed E-state index contributed by atoms with van der Waals surface area (Å²) >= 11 is 7.99. The highest BCUT2D eigenvalue weighted by Crippen LogP contribution is 2.14. The van der Waals surface area contributed by atoms with E-state index in [9.17, 15) is 4.79 Å². The lowest BCUT2D eigenvalue weighted by Crippen LogP contribution is -2.28. The van der Waals surface area contributed by atoms with Gasteiger partial charge in [0.15, 0.2) is 6.61 Å². The monoisotopic (exact) mass is 401 g/mol. The molecule has 1 amide bonds. The third-order valence-corrected chi connectivity index (χ3v) is 3.49. The molecule has 20 heavy (non-hydrogen) atoms. The van der Waals surface area contributed by atoms with Crippen molar-refractivity contribution in [1.82, 2.24) is 5.32 Å². The van der Waals surface area contributed by atoms with Crippen LogP contribution in [0.25, 0.3) is 0 Å². The van der Waals surface area contributed by atoms with Gasteiger partial charge in [-0.1, -0.05) is 29.8 Å². The molecule has 2 aromatic carbocycles. The maximum atomic E-state index is 11.7. The molecular weight excluding hydrogens is 389 g/mol. The second-order valence-electron chi connectivity index (χ2n) is 4.15. The molecule has 0 spiro atoms. The molecule has 1 N–H and O–H groups in total. The zero-order valence-electron chi connectivity index (χ0n) is 10.6. The van der Waals surface area contributed by atoms with Crippen molar-refractivity contribution in [2.45, 2.75) is 6.54 Å². The van der Waals surface area contributed by atoms with Gasteiger partial charge in [-0.2, -0.15) is 0 Å². The first-order chi connectivity index (χ1) is 9.63. The average Bonchev–Trinajstić information content (AvgIpc) is 2.45. The van der Waals surface area contributed by atoms with Crippen molar-refractivity contribution in [3.8, 4) is 5.75 Å². The molecule has 0 fully saturated rings. The van der Waals surface area contributed by atoms with Gasteiger partial charge in [0.1, 0.15) is 5.75 Å². The fraction of sp³-hybridized carbons (Fsp3) is 0.133. The molecule has 0 aliphatic rings. The number of ether oxygens (including phenoxy) is 1. The zero-order valence-corrected chi connectivity index (χ0v) is 13.5. The van der Waals surface area contributed by atoms with E-state index in [1.54, 1.807) is 12.1 Å². The van der Waals surface area contributed by atoms with E-state index in [4.69, 9.17) is 16.3 Å². The molecule has 3 nitrogen and oxygen atoms in total. The minimum atomic E-state index is -0.154. The standard InChI is InChI=1S/C15H13ClINO2/c16-12-6-4-11(5-7-12)9-18-15(19)10-20-14-3-1-2-13(17)8-14/h1-8H,9-10H2,(H,18,19). The van der Waals surface area contributed by atoms with Crippen molar-refractivity contribution in [3.05, 3.63) is 62.7 Å². The number of amides is 1. The summed E-state index contributed by atoms with van der Waals surface area (Å²) in [6.07, 6.45) is 0. The number of halogens is 2. The number of rotatable bonds is 5. The molecule has 0 atom stereocenters. The van der Waals surface area contributed by atoms with Crippen LogP contribution in [0, 0.1) is 3.57 Å². The van der Waals surface area contributed by atoms with Crippen molar-refractivity contribution >= 4 is 40.1 Å².